The van der Waals surface area contributed by atoms with Gasteiger partial charge in [0.25, 0.3) is 0 Å². The fourth-order valence-corrected chi connectivity index (χ4v) is 2.78. The topological polar surface area (TPSA) is 52.5 Å². The van der Waals surface area contributed by atoms with Crippen LogP contribution in [0.1, 0.15) is 31.7 Å². The number of aromatic nitrogens is 1. The molecule has 3 rings (SSSR count). The molecule has 0 radical (unpaired) electrons. The van der Waals surface area contributed by atoms with Crippen molar-refractivity contribution >= 4 is 35.8 Å². The predicted octanol–water partition coefficient (Wildman–Crippen LogP) is 2.37. The average Bonchev–Trinajstić information content (AvgIpc) is 2.55. The van der Waals surface area contributed by atoms with Gasteiger partial charge >= 0.3 is 0 Å². The first-order chi connectivity index (χ1) is 10.3. The number of nitrogens with zero attached hydrogens (tertiary/aromatic N) is 3. The minimum Gasteiger partial charge on any atom is -0.357 e. The minimum atomic E-state index is 0. The van der Waals surface area contributed by atoms with E-state index in [9.17, 15) is 0 Å². The number of guanidine groups is 1. The molecule has 0 spiro atoms. The lowest BCUT2D eigenvalue weighted by molar-refractivity contribution is 0.436. The molecular formula is C16H26IN5. The summed E-state index contributed by atoms with van der Waals surface area (Å²) in [7, 11) is 0. The molecule has 0 amide bonds. The molecule has 0 bridgehead atoms. The molecule has 5 nitrogen and oxygen atoms in total. The summed E-state index contributed by atoms with van der Waals surface area (Å²) in [5.74, 6) is 2.88. The van der Waals surface area contributed by atoms with Crippen LogP contribution in [0.5, 0.6) is 0 Å². The Labute approximate surface area is 150 Å². The van der Waals surface area contributed by atoms with E-state index >= 15 is 0 Å². The van der Waals surface area contributed by atoms with Gasteiger partial charge < -0.3 is 15.5 Å². The zero-order valence-electron chi connectivity index (χ0n) is 13.2. The van der Waals surface area contributed by atoms with Crippen LogP contribution in [-0.2, 0) is 6.54 Å². The Hall–Kier alpha value is -1.05. The summed E-state index contributed by atoms with van der Waals surface area (Å²) < 4.78 is 0. The molecule has 1 aromatic rings. The second-order valence-corrected chi connectivity index (χ2v) is 6.06. The third-order valence-electron chi connectivity index (χ3n) is 4.27. The van der Waals surface area contributed by atoms with Crippen molar-refractivity contribution in [3.8, 4) is 0 Å². The van der Waals surface area contributed by atoms with E-state index in [-0.39, 0.29) is 24.0 Å². The first-order valence-electron chi connectivity index (χ1n) is 8.03. The van der Waals surface area contributed by atoms with Crippen molar-refractivity contribution in [2.75, 3.05) is 31.1 Å². The molecule has 1 aromatic heterocycles. The van der Waals surface area contributed by atoms with Crippen LogP contribution in [0.15, 0.2) is 23.3 Å². The molecule has 3 heterocycles. The minimum absolute atomic E-state index is 0. The van der Waals surface area contributed by atoms with Gasteiger partial charge in [-0.15, -0.1) is 24.0 Å². The monoisotopic (exact) mass is 415 g/mol. The highest BCUT2D eigenvalue weighted by atomic mass is 127. The molecule has 2 aliphatic rings. The van der Waals surface area contributed by atoms with Crippen LogP contribution in [-0.4, -0.2) is 37.1 Å². The molecule has 0 aromatic carbocycles. The summed E-state index contributed by atoms with van der Waals surface area (Å²) in [4.78, 5) is 11.4. The summed E-state index contributed by atoms with van der Waals surface area (Å²) in [6.45, 7) is 7.30. The summed E-state index contributed by atoms with van der Waals surface area (Å²) in [6, 6.07) is 4.31. The first kappa shape index (κ1) is 17.3. The number of piperidine rings is 1. The standard InChI is InChI=1S/C16H25N5.HI/c1-13-5-9-21(10-6-13)15-4-3-14(11-19-15)12-20-16-17-7-2-8-18-16;/h3-4,11,13H,2,5-10,12H2,1H3,(H2,17,18,20);1H. The van der Waals surface area contributed by atoms with Gasteiger partial charge in [0.15, 0.2) is 5.96 Å². The number of hydrogen-bond donors (Lipinski definition) is 2. The van der Waals surface area contributed by atoms with Gasteiger partial charge in [-0.25, -0.2) is 4.98 Å². The quantitative estimate of drug-likeness (QED) is 0.745. The summed E-state index contributed by atoms with van der Waals surface area (Å²) in [5.41, 5.74) is 1.19. The van der Waals surface area contributed by atoms with Gasteiger partial charge in [-0.2, -0.15) is 0 Å². The average molecular weight is 415 g/mol. The molecule has 2 aliphatic heterocycles. The Morgan fingerprint density at radius 1 is 1.32 bits per heavy atom. The number of hydrogen-bond acceptors (Lipinski definition) is 5. The van der Waals surface area contributed by atoms with Crippen LogP contribution >= 0.6 is 24.0 Å². The second-order valence-electron chi connectivity index (χ2n) is 6.06. The highest BCUT2D eigenvalue weighted by Crippen LogP contribution is 2.21. The Bertz CT molecular complexity index is 480. The molecule has 0 atom stereocenters. The Morgan fingerprint density at radius 3 is 2.77 bits per heavy atom. The van der Waals surface area contributed by atoms with E-state index in [0.29, 0.717) is 0 Å². The van der Waals surface area contributed by atoms with E-state index in [0.717, 1.165) is 56.8 Å². The zero-order valence-corrected chi connectivity index (χ0v) is 15.5. The van der Waals surface area contributed by atoms with Gasteiger partial charge in [0.2, 0.25) is 0 Å². The molecule has 1 saturated heterocycles. The molecule has 0 unspecified atom stereocenters. The van der Waals surface area contributed by atoms with E-state index in [1.165, 1.54) is 18.4 Å². The third kappa shape index (κ3) is 4.72. The van der Waals surface area contributed by atoms with Gasteiger partial charge in [0, 0.05) is 38.9 Å². The van der Waals surface area contributed by atoms with E-state index in [1.807, 2.05) is 6.20 Å². The van der Waals surface area contributed by atoms with Crippen molar-refractivity contribution in [2.24, 2.45) is 10.9 Å². The largest absolute Gasteiger partial charge is 0.357 e. The van der Waals surface area contributed by atoms with E-state index in [4.69, 9.17) is 0 Å². The lowest BCUT2D eigenvalue weighted by atomic mass is 9.99. The number of nitrogens with one attached hydrogen (secondary N) is 2. The maximum absolute atomic E-state index is 4.62. The molecular weight excluding hydrogens is 389 g/mol. The van der Waals surface area contributed by atoms with E-state index in [1.54, 1.807) is 0 Å². The van der Waals surface area contributed by atoms with Gasteiger partial charge in [-0.3, -0.25) is 4.99 Å². The fourth-order valence-electron chi connectivity index (χ4n) is 2.78. The maximum atomic E-state index is 4.62. The molecule has 2 N–H and O–H groups in total. The third-order valence-corrected chi connectivity index (χ3v) is 4.27. The number of aliphatic imine (C=N–C) groups is 1. The number of rotatable bonds is 3. The molecule has 1 fully saturated rings. The normalized spacial score (nSPS) is 19.0. The van der Waals surface area contributed by atoms with Crippen molar-refractivity contribution < 1.29 is 0 Å². The van der Waals surface area contributed by atoms with Crippen molar-refractivity contribution in [3.63, 3.8) is 0 Å². The maximum Gasteiger partial charge on any atom is 0.191 e. The first-order valence-corrected chi connectivity index (χ1v) is 8.03. The number of halogens is 1. The fraction of sp³-hybridized carbons (Fsp3) is 0.625. The van der Waals surface area contributed by atoms with Crippen LogP contribution in [0.4, 0.5) is 5.82 Å². The second kappa shape index (κ2) is 8.55. The van der Waals surface area contributed by atoms with E-state index in [2.05, 4.69) is 44.6 Å². The Kier molecular flexibility index (Phi) is 6.72. The van der Waals surface area contributed by atoms with Crippen LogP contribution in [0, 0.1) is 5.92 Å². The molecule has 6 heteroatoms. The van der Waals surface area contributed by atoms with Crippen LogP contribution < -0.4 is 15.5 Å². The predicted molar refractivity (Wildman–Crippen MR) is 102 cm³/mol. The van der Waals surface area contributed by atoms with Gasteiger partial charge in [0.1, 0.15) is 5.82 Å². The van der Waals surface area contributed by atoms with Crippen LogP contribution in [0.3, 0.4) is 0 Å². The Morgan fingerprint density at radius 2 is 2.14 bits per heavy atom. The van der Waals surface area contributed by atoms with Crippen molar-refractivity contribution in [2.45, 2.75) is 32.7 Å². The zero-order chi connectivity index (χ0) is 14.5. The van der Waals surface area contributed by atoms with Gasteiger partial charge in [0.05, 0.1) is 0 Å². The van der Waals surface area contributed by atoms with Gasteiger partial charge in [-0.1, -0.05) is 13.0 Å². The summed E-state index contributed by atoms with van der Waals surface area (Å²) in [5, 5.41) is 6.59. The smallest absolute Gasteiger partial charge is 0.191 e. The van der Waals surface area contributed by atoms with Gasteiger partial charge in [-0.05, 0) is 36.8 Å². The van der Waals surface area contributed by atoms with Crippen molar-refractivity contribution in [1.29, 1.82) is 0 Å². The van der Waals surface area contributed by atoms with Crippen LogP contribution in [0.25, 0.3) is 0 Å². The lowest BCUT2D eigenvalue weighted by Gasteiger charge is -2.31. The molecule has 22 heavy (non-hydrogen) atoms. The van der Waals surface area contributed by atoms with Crippen molar-refractivity contribution in [3.05, 3.63) is 23.9 Å². The number of anilines is 1. The molecule has 0 aliphatic carbocycles. The molecule has 0 saturated carbocycles. The van der Waals surface area contributed by atoms with Crippen molar-refractivity contribution in [1.82, 2.24) is 15.6 Å². The SMILES string of the molecule is CC1CCN(c2ccc(CNC3=NCCCN3)cn2)CC1.I. The highest BCUT2D eigenvalue weighted by molar-refractivity contribution is 14.0. The summed E-state index contributed by atoms with van der Waals surface area (Å²) in [6.07, 6.45) is 5.65. The molecule has 122 valence electrons. The van der Waals surface area contributed by atoms with E-state index < -0.39 is 0 Å². The lowest BCUT2D eigenvalue weighted by Crippen LogP contribution is -2.40. The summed E-state index contributed by atoms with van der Waals surface area (Å²) >= 11 is 0. The number of pyridine rings is 1. The Balaban J connectivity index is 0.00000176. The van der Waals surface area contributed by atoms with Crippen LogP contribution in [0.2, 0.25) is 0 Å². The highest BCUT2D eigenvalue weighted by Gasteiger charge is 2.16.